The number of hydrogen-bond donors (Lipinski definition) is 1. The van der Waals surface area contributed by atoms with Crippen molar-refractivity contribution >= 4 is 0 Å². The molecule has 0 spiro atoms. The smallest absolute Gasteiger partial charge is 0.0205 e. The lowest BCUT2D eigenvalue weighted by molar-refractivity contribution is 0.0808. The largest absolute Gasteiger partial charge is 0.325 e. The normalized spacial score (nSPS) is 13.2. The Balaban J connectivity index is 4.87. The molecule has 0 aliphatic heterocycles. The van der Waals surface area contributed by atoms with Crippen molar-refractivity contribution in [3.8, 4) is 0 Å². The molecule has 0 aromatic heterocycles. The van der Waals surface area contributed by atoms with Gasteiger partial charge in [0.1, 0.15) is 0 Å². The van der Waals surface area contributed by atoms with Crippen molar-refractivity contribution in [2.75, 3.05) is 0 Å². The van der Waals surface area contributed by atoms with Crippen molar-refractivity contribution in [2.24, 2.45) is 11.1 Å². The monoisotopic (exact) mass is 213 g/mol. The number of rotatable bonds is 8. The van der Waals surface area contributed by atoms with Gasteiger partial charge in [0.15, 0.2) is 0 Å². The predicted molar refractivity (Wildman–Crippen MR) is 70.0 cm³/mol. The zero-order chi connectivity index (χ0) is 11.9. The number of unbranched alkanes of at least 4 members (excludes halogenated alkanes) is 1. The van der Waals surface area contributed by atoms with E-state index in [1.807, 2.05) is 0 Å². The van der Waals surface area contributed by atoms with Crippen LogP contribution in [0.1, 0.15) is 79.6 Å². The second-order valence-corrected chi connectivity index (χ2v) is 4.95. The molecule has 0 heterocycles. The minimum absolute atomic E-state index is 0.0473. The maximum absolute atomic E-state index is 6.64. The SMILES string of the molecule is CCCCC(CC)(CC)C(N)(CC)CC. The molecule has 0 atom stereocenters. The molecule has 0 saturated heterocycles. The van der Waals surface area contributed by atoms with Crippen LogP contribution in [-0.4, -0.2) is 5.54 Å². The van der Waals surface area contributed by atoms with Crippen LogP contribution in [0.15, 0.2) is 0 Å². The molecule has 0 aromatic carbocycles. The average Bonchev–Trinajstić information content (AvgIpc) is 2.30. The summed E-state index contributed by atoms with van der Waals surface area (Å²) < 4.78 is 0. The van der Waals surface area contributed by atoms with Crippen molar-refractivity contribution in [2.45, 2.75) is 85.1 Å². The van der Waals surface area contributed by atoms with Crippen molar-refractivity contribution in [3.05, 3.63) is 0 Å². The molecule has 0 rings (SSSR count). The third-order valence-electron chi connectivity index (χ3n) is 4.68. The Morgan fingerprint density at radius 1 is 0.800 bits per heavy atom. The van der Waals surface area contributed by atoms with E-state index in [2.05, 4.69) is 34.6 Å². The fourth-order valence-electron chi connectivity index (χ4n) is 3.07. The first-order chi connectivity index (χ1) is 7.05. The third-order valence-corrected chi connectivity index (χ3v) is 4.68. The van der Waals surface area contributed by atoms with Gasteiger partial charge in [0.25, 0.3) is 0 Å². The summed E-state index contributed by atoms with van der Waals surface area (Å²) in [7, 11) is 0. The molecule has 0 aromatic rings. The van der Waals surface area contributed by atoms with Gasteiger partial charge in [-0.15, -0.1) is 0 Å². The van der Waals surface area contributed by atoms with Crippen LogP contribution in [0.25, 0.3) is 0 Å². The molecule has 0 radical (unpaired) electrons. The first kappa shape index (κ1) is 15.0. The Kier molecular flexibility index (Phi) is 6.51. The van der Waals surface area contributed by atoms with Gasteiger partial charge in [-0.1, -0.05) is 47.5 Å². The van der Waals surface area contributed by atoms with Gasteiger partial charge in [-0.05, 0) is 37.5 Å². The first-order valence-corrected chi connectivity index (χ1v) is 6.84. The van der Waals surface area contributed by atoms with Crippen LogP contribution >= 0.6 is 0 Å². The van der Waals surface area contributed by atoms with Crippen LogP contribution in [0.3, 0.4) is 0 Å². The van der Waals surface area contributed by atoms with E-state index in [1.54, 1.807) is 0 Å². The molecule has 15 heavy (non-hydrogen) atoms. The second-order valence-electron chi connectivity index (χ2n) is 4.95. The summed E-state index contributed by atoms with van der Waals surface area (Å²) in [6, 6.07) is 0. The van der Waals surface area contributed by atoms with Crippen LogP contribution in [0.2, 0.25) is 0 Å². The molecule has 0 aliphatic carbocycles. The van der Waals surface area contributed by atoms with E-state index in [1.165, 1.54) is 32.1 Å². The van der Waals surface area contributed by atoms with E-state index in [9.17, 15) is 0 Å². The zero-order valence-electron chi connectivity index (χ0n) is 11.5. The Morgan fingerprint density at radius 2 is 1.27 bits per heavy atom. The van der Waals surface area contributed by atoms with Gasteiger partial charge < -0.3 is 5.73 Å². The molecule has 0 saturated carbocycles. The van der Waals surface area contributed by atoms with E-state index in [0.29, 0.717) is 5.41 Å². The molecule has 0 amide bonds. The predicted octanol–water partition coefficient (Wildman–Crippen LogP) is 4.50. The second kappa shape index (κ2) is 6.52. The topological polar surface area (TPSA) is 26.0 Å². The standard InChI is InChI=1S/C14H31N/c1-6-11-12-13(7-2,8-3)14(15,9-4)10-5/h6-12,15H2,1-5H3. The fraction of sp³-hybridized carbons (Fsp3) is 1.00. The lowest BCUT2D eigenvalue weighted by Crippen LogP contribution is -2.54. The Morgan fingerprint density at radius 3 is 1.53 bits per heavy atom. The molecule has 0 bridgehead atoms. The lowest BCUT2D eigenvalue weighted by atomic mass is 9.61. The minimum Gasteiger partial charge on any atom is -0.325 e. The molecule has 0 unspecified atom stereocenters. The molecule has 1 nitrogen and oxygen atoms in total. The van der Waals surface area contributed by atoms with Crippen LogP contribution in [0.5, 0.6) is 0 Å². The summed E-state index contributed by atoms with van der Waals surface area (Å²) in [6.45, 7) is 11.4. The molecule has 1 heteroatoms. The number of hydrogen-bond acceptors (Lipinski definition) is 1. The van der Waals surface area contributed by atoms with E-state index in [-0.39, 0.29) is 5.54 Å². The highest BCUT2D eigenvalue weighted by molar-refractivity contribution is 4.99. The average molecular weight is 213 g/mol. The molecule has 0 fully saturated rings. The Hall–Kier alpha value is -0.0400. The lowest BCUT2D eigenvalue weighted by Gasteiger charge is -2.48. The van der Waals surface area contributed by atoms with Gasteiger partial charge in [-0.2, -0.15) is 0 Å². The van der Waals surface area contributed by atoms with Crippen LogP contribution < -0.4 is 5.73 Å². The van der Waals surface area contributed by atoms with Gasteiger partial charge in [0.2, 0.25) is 0 Å². The van der Waals surface area contributed by atoms with Gasteiger partial charge >= 0.3 is 0 Å². The summed E-state index contributed by atoms with van der Waals surface area (Å²) in [5.41, 5.74) is 7.05. The first-order valence-electron chi connectivity index (χ1n) is 6.84. The highest BCUT2D eigenvalue weighted by Gasteiger charge is 2.42. The van der Waals surface area contributed by atoms with Gasteiger partial charge in [0.05, 0.1) is 0 Å². The van der Waals surface area contributed by atoms with Crippen molar-refractivity contribution < 1.29 is 0 Å². The maximum Gasteiger partial charge on any atom is 0.0205 e. The molecule has 2 N–H and O–H groups in total. The van der Waals surface area contributed by atoms with Crippen molar-refractivity contribution in [1.82, 2.24) is 0 Å². The summed E-state index contributed by atoms with van der Waals surface area (Å²) in [5.74, 6) is 0. The van der Waals surface area contributed by atoms with Crippen LogP contribution in [0, 0.1) is 5.41 Å². The summed E-state index contributed by atoms with van der Waals surface area (Å²) in [4.78, 5) is 0. The molecule has 0 aliphatic rings. The minimum atomic E-state index is 0.0473. The number of nitrogens with two attached hydrogens (primary N) is 1. The fourth-order valence-corrected chi connectivity index (χ4v) is 3.07. The summed E-state index contributed by atoms with van der Waals surface area (Å²) in [6.07, 6.45) is 8.56. The Bertz CT molecular complexity index is 155. The highest BCUT2D eigenvalue weighted by Crippen LogP contribution is 2.45. The van der Waals surface area contributed by atoms with Crippen molar-refractivity contribution in [1.29, 1.82) is 0 Å². The summed E-state index contributed by atoms with van der Waals surface area (Å²) >= 11 is 0. The van der Waals surface area contributed by atoms with Crippen molar-refractivity contribution in [3.63, 3.8) is 0 Å². The van der Waals surface area contributed by atoms with Gasteiger partial charge in [-0.3, -0.25) is 0 Å². The Labute approximate surface area is 96.8 Å². The third kappa shape index (κ3) is 2.96. The highest BCUT2D eigenvalue weighted by atomic mass is 14.8. The molecular weight excluding hydrogens is 182 g/mol. The maximum atomic E-state index is 6.64. The van der Waals surface area contributed by atoms with Crippen LogP contribution in [0.4, 0.5) is 0 Å². The van der Waals surface area contributed by atoms with Crippen LogP contribution in [-0.2, 0) is 0 Å². The molecule has 92 valence electrons. The molecular formula is C14H31N. The van der Waals surface area contributed by atoms with E-state index >= 15 is 0 Å². The zero-order valence-corrected chi connectivity index (χ0v) is 11.5. The summed E-state index contributed by atoms with van der Waals surface area (Å²) in [5, 5.41) is 0. The van der Waals surface area contributed by atoms with E-state index in [0.717, 1.165) is 12.8 Å². The van der Waals surface area contributed by atoms with E-state index < -0.39 is 0 Å². The van der Waals surface area contributed by atoms with Gasteiger partial charge in [0, 0.05) is 5.54 Å². The quantitative estimate of drug-likeness (QED) is 0.631. The van der Waals surface area contributed by atoms with Gasteiger partial charge in [-0.25, -0.2) is 0 Å². The van der Waals surface area contributed by atoms with E-state index in [4.69, 9.17) is 5.73 Å².